The zero-order valence-electron chi connectivity index (χ0n) is 13.8. The molecule has 0 amide bonds. The number of hydrogen-bond acceptors (Lipinski definition) is 2. The molecule has 128 valence electrons. The first-order valence-corrected chi connectivity index (χ1v) is 9.29. The highest BCUT2D eigenvalue weighted by molar-refractivity contribution is 7.80. The number of thiocarbonyl (C=S) groups is 1. The lowest BCUT2D eigenvalue weighted by Crippen LogP contribution is -2.37. The molecule has 0 aliphatic carbocycles. The second kappa shape index (κ2) is 8.23. The minimum atomic E-state index is -0.235. The number of thiophene rings is 1. The van der Waals surface area contributed by atoms with Crippen molar-refractivity contribution in [3.05, 3.63) is 93.4 Å². The van der Waals surface area contributed by atoms with Crippen LogP contribution in [0.1, 0.15) is 27.6 Å². The number of halogens is 1. The molecule has 0 aliphatic rings. The van der Waals surface area contributed by atoms with Crippen molar-refractivity contribution in [1.29, 1.82) is 0 Å². The minimum Gasteiger partial charge on any atom is -0.359 e. The van der Waals surface area contributed by atoms with E-state index in [9.17, 15) is 4.39 Å². The van der Waals surface area contributed by atoms with Gasteiger partial charge in [0.25, 0.3) is 0 Å². The van der Waals surface area contributed by atoms with Crippen LogP contribution in [-0.4, -0.2) is 5.11 Å². The number of hydrogen-bond donors (Lipinski definition) is 2. The van der Waals surface area contributed by atoms with Gasteiger partial charge in [0, 0.05) is 11.4 Å². The molecular weight excluding hydrogens is 351 g/mol. The first kappa shape index (κ1) is 17.6. The van der Waals surface area contributed by atoms with Gasteiger partial charge in [-0.15, -0.1) is 11.3 Å². The van der Waals surface area contributed by atoms with Crippen molar-refractivity contribution >= 4 is 28.7 Å². The lowest BCUT2D eigenvalue weighted by Gasteiger charge is -2.21. The van der Waals surface area contributed by atoms with Crippen molar-refractivity contribution in [2.75, 3.05) is 0 Å². The van der Waals surface area contributed by atoms with E-state index in [-0.39, 0.29) is 11.9 Å². The molecule has 2 nitrogen and oxygen atoms in total. The van der Waals surface area contributed by atoms with Gasteiger partial charge in [-0.3, -0.25) is 0 Å². The van der Waals surface area contributed by atoms with E-state index in [1.165, 1.54) is 28.1 Å². The quantitative estimate of drug-likeness (QED) is 0.622. The average Bonchev–Trinajstić information content (AvgIpc) is 3.14. The Labute approximate surface area is 156 Å². The van der Waals surface area contributed by atoms with Crippen molar-refractivity contribution in [2.45, 2.75) is 19.5 Å². The highest BCUT2D eigenvalue weighted by Crippen LogP contribution is 2.26. The Balaban J connectivity index is 1.68. The van der Waals surface area contributed by atoms with Gasteiger partial charge in [-0.1, -0.05) is 48.0 Å². The van der Waals surface area contributed by atoms with E-state index in [1.54, 1.807) is 23.5 Å². The van der Waals surface area contributed by atoms with Crippen molar-refractivity contribution in [1.82, 2.24) is 10.6 Å². The minimum absolute atomic E-state index is 0.00816. The molecule has 2 aromatic carbocycles. The van der Waals surface area contributed by atoms with Crippen molar-refractivity contribution in [3.63, 3.8) is 0 Å². The second-order valence-corrected chi connectivity index (χ2v) is 7.20. The van der Waals surface area contributed by atoms with Gasteiger partial charge in [-0.2, -0.15) is 0 Å². The van der Waals surface area contributed by atoms with Crippen LogP contribution in [-0.2, 0) is 6.54 Å². The van der Waals surface area contributed by atoms with Gasteiger partial charge in [0.05, 0.1) is 6.04 Å². The van der Waals surface area contributed by atoms with Crippen LogP contribution >= 0.6 is 23.6 Å². The summed E-state index contributed by atoms with van der Waals surface area (Å²) in [5.74, 6) is -0.235. The normalized spacial score (nSPS) is 11.8. The second-order valence-electron chi connectivity index (χ2n) is 5.81. The number of aryl methyl sites for hydroxylation is 1. The lowest BCUT2D eigenvalue weighted by atomic mass is 10.0. The van der Waals surface area contributed by atoms with Crippen molar-refractivity contribution in [3.8, 4) is 0 Å². The molecule has 0 saturated heterocycles. The molecule has 0 radical (unpaired) electrons. The number of benzene rings is 2. The van der Waals surface area contributed by atoms with Crippen LogP contribution in [0, 0.1) is 12.7 Å². The maximum Gasteiger partial charge on any atom is 0.167 e. The molecule has 1 aromatic heterocycles. The molecule has 0 unspecified atom stereocenters. The predicted octanol–water partition coefficient (Wildman–Crippen LogP) is 4.95. The Kier molecular flexibility index (Phi) is 5.79. The van der Waals surface area contributed by atoms with Crippen LogP contribution < -0.4 is 10.6 Å². The summed E-state index contributed by atoms with van der Waals surface area (Å²) in [5.41, 5.74) is 3.37. The average molecular weight is 371 g/mol. The van der Waals surface area contributed by atoms with Gasteiger partial charge < -0.3 is 10.6 Å². The highest BCUT2D eigenvalue weighted by Gasteiger charge is 2.16. The molecule has 0 saturated carbocycles. The fourth-order valence-electron chi connectivity index (χ4n) is 2.50. The molecular formula is C20H19FN2S2. The van der Waals surface area contributed by atoms with Gasteiger partial charge in [0.15, 0.2) is 5.11 Å². The standard InChI is InChI=1S/C20H19FN2S2/c1-14-4-8-16(9-5-14)19(18-3-2-12-25-18)23-20(24)22-13-15-6-10-17(21)11-7-15/h2-12,19H,13H2,1H3,(H2,22,23,24)/t19-/m0/s1. The molecule has 0 spiro atoms. The molecule has 3 rings (SSSR count). The van der Waals surface area contributed by atoms with Gasteiger partial charge in [0.1, 0.15) is 5.82 Å². The maximum absolute atomic E-state index is 13.0. The van der Waals surface area contributed by atoms with Crippen LogP contribution in [0.3, 0.4) is 0 Å². The summed E-state index contributed by atoms with van der Waals surface area (Å²) in [7, 11) is 0. The molecule has 0 fully saturated rings. The summed E-state index contributed by atoms with van der Waals surface area (Å²) < 4.78 is 13.0. The smallest absolute Gasteiger partial charge is 0.167 e. The monoisotopic (exact) mass is 370 g/mol. The SMILES string of the molecule is Cc1ccc([C@H](NC(=S)NCc2ccc(F)cc2)c2cccs2)cc1. The Morgan fingerprint density at radius 2 is 1.80 bits per heavy atom. The first-order chi connectivity index (χ1) is 12.1. The van der Waals surface area contributed by atoms with E-state index in [0.717, 1.165) is 5.56 Å². The Morgan fingerprint density at radius 1 is 1.08 bits per heavy atom. The summed E-state index contributed by atoms with van der Waals surface area (Å²) >= 11 is 7.16. The third kappa shape index (κ3) is 4.87. The van der Waals surface area contributed by atoms with E-state index in [2.05, 4.69) is 53.3 Å². The highest BCUT2D eigenvalue weighted by atomic mass is 32.1. The molecule has 1 atom stereocenters. The zero-order chi connectivity index (χ0) is 17.6. The topological polar surface area (TPSA) is 24.1 Å². The van der Waals surface area contributed by atoms with Crippen LogP contribution in [0.4, 0.5) is 4.39 Å². The summed E-state index contributed by atoms with van der Waals surface area (Å²) in [6.07, 6.45) is 0. The molecule has 0 bridgehead atoms. The fraction of sp³-hybridized carbons (Fsp3) is 0.150. The van der Waals surface area contributed by atoms with E-state index in [1.807, 2.05) is 6.07 Å². The Hall–Kier alpha value is -2.24. The Bertz CT molecular complexity index is 812. The fourth-order valence-corrected chi connectivity index (χ4v) is 3.49. The van der Waals surface area contributed by atoms with Crippen molar-refractivity contribution < 1.29 is 4.39 Å². The van der Waals surface area contributed by atoms with E-state index < -0.39 is 0 Å². The lowest BCUT2D eigenvalue weighted by molar-refractivity contribution is 0.626. The summed E-state index contributed by atoms with van der Waals surface area (Å²) in [6, 6.07) is 19.0. The number of rotatable bonds is 5. The Morgan fingerprint density at radius 3 is 2.44 bits per heavy atom. The summed E-state index contributed by atoms with van der Waals surface area (Å²) in [4.78, 5) is 1.20. The summed E-state index contributed by atoms with van der Waals surface area (Å²) in [5, 5.41) is 9.22. The molecule has 2 N–H and O–H groups in total. The summed E-state index contributed by atoms with van der Waals surface area (Å²) in [6.45, 7) is 2.63. The van der Waals surface area contributed by atoms with Crippen molar-refractivity contribution in [2.24, 2.45) is 0 Å². The predicted molar refractivity (Wildman–Crippen MR) is 106 cm³/mol. The third-order valence-electron chi connectivity index (χ3n) is 3.88. The third-order valence-corrected chi connectivity index (χ3v) is 5.08. The molecule has 5 heteroatoms. The first-order valence-electron chi connectivity index (χ1n) is 8.00. The van der Waals surface area contributed by atoms with Crippen LogP contribution in [0.15, 0.2) is 66.0 Å². The zero-order valence-corrected chi connectivity index (χ0v) is 15.5. The number of nitrogens with one attached hydrogen (secondary N) is 2. The molecule has 1 heterocycles. The van der Waals surface area contributed by atoms with Crippen LogP contribution in [0.2, 0.25) is 0 Å². The van der Waals surface area contributed by atoms with E-state index in [0.29, 0.717) is 11.7 Å². The largest absolute Gasteiger partial charge is 0.359 e. The van der Waals surface area contributed by atoms with E-state index in [4.69, 9.17) is 12.2 Å². The van der Waals surface area contributed by atoms with Crippen LogP contribution in [0.25, 0.3) is 0 Å². The maximum atomic E-state index is 13.0. The molecule has 25 heavy (non-hydrogen) atoms. The van der Waals surface area contributed by atoms with Gasteiger partial charge in [-0.05, 0) is 53.8 Å². The van der Waals surface area contributed by atoms with Gasteiger partial charge in [-0.25, -0.2) is 4.39 Å². The van der Waals surface area contributed by atoms with Crippen LogP contribution in [0.5, 0.6) is 0 Å². The van der Waals surface area contributed by atoms with Gasteiger partial charge in [0.2, 0.25) is 0 Å². The van der Waals surface area contributed by atoms with E-state index >= 15 is 0 Å². The van der Waals surface area contributed by atoms with Gasteiger partial charge >= 0.3 is 0 Å². The molecule has 0 aliphatic heterocycles. The molecule has 3 aromatic rings.